The lowest BCUT2D eigenvalue weighted by Gasteiger charge is -2.21. The van der Waals surface area contributed by atoms with Crippen molar-refractivity contribution in [3.05, 3.63) is 78.2 Å². The lowest BCUT2D eigenvalue weighted by atomic mass is 10.1. The van der Waals surface area contributed by atoms with Crippen LogP contribution in [0.4, 0.5) is 5.13 Å². The van der Waals surface area contributed by atoms with E-state index in [-0.39, 0.29) is 4.90 Å². The number of aromatic nitrogens is 3. The van der Waals surface area contributed by atoms with Gasteiger partial charge >= 0.3 is 0 Å². The van der Waals surface area contributed by atoms with Crippen molar-refractivity contribution in [1.82, 2.24) is 18.6 Å². The highest BCUT2D eigenvalue weighted by Gasteiger charge is 2.29. The molecule has 164 valence electrons. The molecule has 2 aromatic carbocycles. The van der Waals surface area contributed by atoms with Gasteiger partial charge in [0.05, 0.1) is 5.52 Å². The lowest BCUT2D eigenvalue weighted by molar-refractivity contribution is 0.433. The third kappa shape index (κ3) is 4.23. The Morgan fingerprint density at radius 2 is 1.75 bits per heavy atom. The molecule has 2 aromatic heterocycles. The second kappa shape index (κ2) is 8.93. The predicted molar refractivity (Wildman–Crippen MR) is 126 cm³/mol. The Hall–Kier alpha value is -2.88. The van der Waals surface area contributed by atoms with Crippen LogP contribution in [0.25, 0.3) is 10.9 Å². The van der Waals surface area contributed by atoms with E-state index < -0.39 is 10.0 Å². The number of sulfonamides is 1. The highest BCUT2D eigenvalue weighted by molar-refractivity contribution is 7.89. The Bertz CT molecular complexity index is 1320. The minimum absolute atomic E-state index is 0.269. The van der Waals surface area contributed by atoms with E-state index in [2.05, 4.69) is 26.4 Å². The van der Waals surface area contributed by atoms with Gasteiger partial charge in [-0.2, -0.15) is 8.68 Å². The fourth-order valence-electron chi connectivity index (χ4n) is 3.97. The highest BCUT2D eigenvalue weighted by Crippen LogP contribution is 2.26. The fraction of sp³-hybridized carbons (Fsp3) is 0.261. The topological polar surface area (TPSA) is 79.3 Å². The van der Waals surface area contributed by atoms with Crippen LogP contribution in [-0.2, 0) is 16.4 Å². The minimum atomic E-state index is -3.64. The van der Waals surface area contributed by atoms with Crippen molar-refractivity contribution in [2.24, 2.45) is 0 Å². The predicted octanol–water partition coefficient (Wildman–Crippen LogP) is 3.58. The van der Waals surface area contributed by atoms with E-state index in [1.807, 2.05) is 36.4 Å². The zero-order valence-corrected chi connectivity index (χ0v) is 19.1. The molecule has 32 heavy (non-hydrogen) atoms. The summed E-state index contributed by atoms with van der Waals surface area (Å²) in [5, 5.41) is 1.67. The van der Waals surface area contributed by atoms with Crippen molar-refractivity contribution in [2.45, 2.75) is 17.7 Å². The van der Waals surface area contributed by atoms with Gasteiger partial charge in [-0.1, -0.05) is 48.5 Å². The number of fused-ring (bicyclic) bond motifs is 1. The summed E-state index contributed by atoms with van der Waals surface area (Å²) in [5.41, 5.74) is 1.69. The summed E-state index contributed by atoms with van der Waals surface area (Å²) >= 11 is 1.38. The zero-order chi connectivity index (χ0) is 22.0. The summed E-state index contributed by atoms with van der Waals surface area (Å²) in [6.07, 6.45) is 3.05. The van der Waals surface area contributed by atoms with Crippen molar-refractivity contribution >= 4 is 37.6 Å². The maximum Gasteiger partial charge on any atom is 0.245 e. The first-order valence-corrected chi connectivity index (χ1v) is 12.8. The third-order valence-electron chi connectivity index (χ3n) is 5.60. The zero-order valence-electron chi connectivity index (χ0n) is 17.5. The van der Waals surface area contributed by atoms with E-state index in [9.17, 15) is 8.42 Å². The van der Waals surface area contributed by atoms with Crippen LogP contribution in [0.15, 0.2) is 71.8 Å². The standard InChI is InChI=1S/C23H23N5O2S2/c29-32(30,20-11-4-9-19-10-5-12-24-22(19)20)28-14-6-13-27(15-16-28)23-25-21(26-31-23)17-18-7-2-1-3-8-18/h1-5,7-12H,6,13-17H2. The number of pyridine rings is 1. The molecule has 1 saturated heterocycles. The number of para-hydroxylation sites is 1. The molecule has 0 unspecified atom stereocenters. The van der Waals surface area contributed by atoms with E-state index in [1.54, 1.807) is 22.6 Å². The third-order valence-corrected chi connectivity index (χ3v) is 8.35. The first kappa shape index (κ1) is 21.0. The molecule has 0 spiro atoms. The maximum absolute atomic E-state index is 13.4. The van der Waals surface area contributed by atoms with E-state index in [4.69, 9.17) is 4.98 Å². The smallest absolute Gasteiger partial charge is 0.245 e. The van der Waals surface area contributed by atoms with Crippen molar-refractivity contribution in [1.29, 1.82) is 0 Å². The van der Waals surface area contributed by atoms with Crippen molar-refractivity contribution in [3.8, 4) is 0 Å². The number of benzene rings is 2. The molecule has 0 atom stereocenters. The number of hydrogen-bond acceptors (Lipinski definition) is 7. The van der Waals surface area contributed by atoms with E-state index >= 15 is 0 Å². The summed E-state index contributed by atoms with van der Waals surface area (Å²) in [6, 6.07) is 19.2. The largest absolute Gasteiger partial charge is 0.345 e. The first-order chi connectivity index (χ1) is 15.6. The summed E-state index contributed by atoms with van der Waals surface area (Å²) in [5.74, 6) is 0.798. The summed E-state index contributed by atoms with van der Waals surface area (Å²) < 4.78 is 33.0. The normalized spacial score (nSPS) is 15.7. The molecule has 1 aliphatic heterocycles. The van der Waals surface area contributed by atoms with E-state index in [0.717, 1.165) is 29.3 Å². The van der Waals surface area contributed by atoms with Gasteiger partial charge in [0, 0.05) is 55.7 Å². The molecular formula is C23H23N5O2S2. The highest BCUT2D eigenvalue weighted by atomic mass is 32.2. The first-order valence-electron chi connectivity index (χ1n) is 10.6. The molecule has 7 nitrogen and oxygen atoms in total. The second-order valence-corrected chi connectivity index (χ2v) is 10.4. The van der Waals surface area contributed by atoms with Crippen LogP contribution in [0.1, 0.15) is 17.8 Å². The van der Waals surface area contributed by atoms with E-state index in [1.165, 1.54) is 17.1 Å². The number of hydrogen-bond donors (Lipinski definition) is 0. The molecule has 0 bridgehead atoms. The van der Waals surface area contributed by atoms with Gasteiger partial charge in [0.2, 0.25) is 15.2 Å². The van der Waals surface area contributed by atoms with Crippen LogP contribution in [0.3, 0.4) is 0 Å². The van der Waals surface area contributed by atoms with Gasteiger partial charge < -0.3 is 4.90 Å². The Morgan fingerprint density at radius 1 is 0.906 bits per heavy atom. The minimum Gasteiger partial charge on any atom is -0.345 e. The molecule has 0 radical (unpaired) electrons. The van der Waals surface area contributed by atoms with Gasteiger partial charge in [0.1, 0.15) is 10.7 Å². The molecule has 4 aromatic rings. The fourth-order valence-corrected chi connectivity index (χ4v) is 6.34. The summed E-state index contributed by atoms with van der Waals surface area (Å²) in [4.78, 5) is 11.5. The van der Waals surface area contributed by atoms with Crippen LogP contribution in [0.2, 0.25) is 0 Å². The van der Waals surface area contributed by atoms with Gasteiger partial charge in [-0.25, -0.2) is 13.4 Å². The molecule has 1 fully saturated rings. The van der Waals surface area contributed by atoms with Crippen molar-refractivity contribution < 1.29 is 8.42 Å². The van der Waals surface area contributed by atoms with E-state index in [0.29, 0.717) is 31.6 Å². The number of anilines is 1. The Kier molecular flexibility index (Phi) is 5.86. The van der Waals surface area contributed by atoms with Crippen LogP contribution in [0.5, 0.6) is 0 Å². The molecule has 5 rings (SSSR count). The molecule has 3 heterocycles. The van der Waals surface area contributed by atoms with Crippen LogP contribution < -0.4 is 4.90 Å². The van der Waals surface area contributed by atoms with Gasteiger partial charge in [-0.15, -0.1) is 0 Å². The molecule has 0 amide bonds. The van der Waals surface area contributed by atoms with Gasteiger partial charge in [-0.05, 0) is 24.1 Å². The average Bonchev–Trinajstić information content (AvgIpc) is 3.13. The molecule has 1 aliphatic rings. The quantitative estimate of drug-likeness (QED) is 0.448. The van der Waals surface area contributed by atoms with Gasteiger partial charge in [0.15, 0.2) is 0 Å². The second-order valence-electron chi connectivity index (χ2n) is 7.73. The van der Waals surface area contributed by atoms with Crippen LogP contribution in [0, 0.1) is 0 Å². The number of nitrogens with zero attached hydrogens (tertiary/aromatic N) is 5. The molecular weight excluding hydrogens is 442 g/mol. The Morgan fingerprint density at radius 3 is 2.62 bits per heavy atom. The van der Waals surface area contributed by atoms with Crippen LogP contribution >= 0.6 is 11.5 Å². The van der Waals surface area contributed by atoms with Crippen LogP contribution in [-0.4, -0.2) is 53.2 Å². The number of rotatable bonds is 5. The van der Waals surface area contributed by atoms with Gasteiger partial charge in [0.25, 0.3) is 0 Å². The van der Waals surface area contributed by atoms with Gasteiger partial charge in [-0.3, -0.25) is 4.98 Å². The molecule has 9 heteroatoms. The Labute approximate surface area is 191 Å². The summed E-state index contributed by atoms with van der Waals surface area (Å²) in [6.45, 7) is 2.20. The monoisotopic (exact) mass is 465 g/mol. The molecule has 0 aliphatic carbocycles. The molecule has 0 N–H and O–H groups in total. The maximum atomic E-state index is 13.4. The lowest BCUT2D eigenvalue weighted by Crippen LogP contribution is -2.35. The Balaban J connectivity index is 1.32. The summed E-state index contributed by atoms with van der Waals surface area (Å²) in [7, 11) is -3.64. The SMILES string of the molecule is O=S(=O)(c1cccc2cccnc12)N1CCCN(c2nc(Cc3ccccc3)ns2)CC1. The van der Waals surface area contributed by atoms with Crippen molar-refractivity contribution in [2.75, 3.05) is 31.1 Å². The average molecular weight is 466 g/mol. The molecule has 0 saturated carbocycles. The van der Waals surface area contributed by atoms with Crippen molar-refractivity contribution in [3.63, 3.8) is 0 Å².